The van der Waals surface area contributed by atoms with Crippen molar-refractivity contribution < 1.29 is 31.5 Å². The number of hydrogen-bond acceptors (Lipinski definition) is 5. The maximum atomic E-state index is 13.9. The first kappa shape index (κ1) is 21.3. The first-order valence-corrected chi connectivity index (χ1v) is 9.25. The van der Waals surface area contributed by atoms with Crippen molar-refractivity contribution in [3.8, 4) is 5.75 Å². The van der Waals surface area contributed by atoms with Gasteiger partial charge in [0.2, 0.25) is 10.0 Å². The van der Waals surface area contributed by atoms with Crippen molar-refractivity contribution >= 4 is 21.8 Å². The number of nitrogens with one attached hydrogen (secondary N) is 2. The number of hydrazine groups is 1. The van der Waals surface area contributed by atoms with Crippen LogP contribution >= 0.6 is 0 Å². The van der Waals surface area contributed by atoms with Gasteiger partial charge >= 0.3 is 0 Å². The summed E-state index contributed by atoms with van der Waals surface area (Å²) < 4.78 is 56.9. The minimum Gasteiger partial charge on any atom is -0.484 e. The average Bonchev–Trinajstić information content (AvgIpc) is 2.65. The van der Waals surface area contributed by atoms with Gasteiger partial charge in [0.05, 0.1) is 10.5 Å². The average molecular weight is 413 g/mol. The standard InChI is InChI=1S/C17H17F2N3O5S/c1-22(2)28(25,26)13-7-8-15(19)14(9-13)17(24)21-20-16(23)10-27-12-5-3-11(18)4-6-12/h3-9H,10H2,1-2H3,(H,20,23)(H,21,24). The number of hydrogen-bond donors (Lipinski definition) is 2. The van der Waals surface area contributed by atoms with Crippen LogP contribution in [0.25, 0.3) is 0 Å². The van der Waals surface area contributed by atoms with E-state index in [0.717, 1.165) is 34.6 Å². The van der Waals surface area contributed by atoms with E-state index >= 15 is 0 Å². The third-order valence-corrected chi connectivity index (χ3v) is 5.27. The predicted molar refractivity (Wildman–Crippen MR) is 94.8 cm³/mol. The van der Waals surface area contributed by atoms with E-state index in [9.17, 15) is 26.8 Å². The summed E-state index contributed by atoms with van der Waals surface area (Å²) in [6.07, 6.45) is 0. The number of amides is 2. The normalized spacial score (nSPS) is 11.2. The zero-order valence-electron chi connectivity index (χ0n) is 14.9. The fraction of sp³-hybridized carbons (Fsp3) is 0.176. The van der Waals surface area contributed by atoms with Crippen molar-refractivity contribution in [2.45, 2.75) is 4.90 Å². The van der Waals surface area contributed by atoms with Gasteiger partial charge in [0.15, 0.2) is 6.61 Å². The van der Waals surface area contributed by atoms with E-state index in [1.807, 2.05) is 10.9 Å². The fourth-order valence-corrected chi connectivity index (χ4v) is 2.89. The molecule has 2 aromatic rings. The third kappa shape index (κ3) is 5.24. The molecule has 28 heavy (non-hydrogen) atoms. The molecule has 11 heteroatoms. The van der Waals surface area contributed by atoms with Crippen molar-refractivity contribution in [1.29, 1.82) is 0 Å². The summed E-state index contributed by atoms with van der Waals surface area (Å²) in [6, 6.07) is 7.64. The van der Waals surface area contributed by atoms with E-state index in [4.69, 9.17) is 4.74 Å². The first-order chi connectivity index (χ1) is 13.1. The molecular weight excluding hydrogens is 396 g/mol. The van der Waals surface area contributed by atoms with Crippen LogP contribution in [0.4, 0.5) is 8.78 Å². The lowest BCUT2D eigenvalue weighted by Gasteiger charge is -2.13. The Kier molecular flexibility index (Phi) is 6.65. The molecule has 0 spiro atoms. The number of benzene rings is 2. The van der Waals surface area contributed by atoms with E-state index in [2.05, 4.69) is 0 Å². The van der Waals surface area contributed by atoms with Crippen LogP contribution in [0.3, 0.4) is 0 Å². The highest BCUT2D eigenvalue weighted by Crippen LogP contribution is 2.17. The van der Waals surface area contributed by atoms with Crippen LogP contribution in [0.2, 0.25) is 0 Å². The lowest BCUT2D eigenvalue weighted by atomic mass is 10.2. The monoisotopic (exact) mass is 413 g/mol. The van der Waals surface area contributed by atoms with Crippen LogP contribution in [-0.4, -0.2) is 45.2 Å². The van der Waals surface area contributed by atoms with Crippen molar-refractivity contribution in [2.24, 2.45) is 0 Å². The van der Waals surface area contributed by atoms with E-state index in [1.165, 1.54) is 26.2 Å². The highest BCUT2D eigenvalue weighted by molar-refractivity contribution is 7.89. The molecule has 0 aliphatic carbocycles. The molecule has 2 rings (SSSR count). The van der Waals surface area contributed by atoms with E-state index < -0.39 is 45.6 Å². The second-order valence-electron chi connectivity index (χ2n) is 5.67. The number of halogens is 2. The predicted octanol–water partition coefficient (Wildman–Crippen LogP) is 1.06. The molecule has 2 amide bonds. The number of nitrogens with zero attached hydrogens (tertiary/aromatic N) is 1. The van der Waals surface area contributed by atoms with Crippen molar-refractivity contribution in [3.63, 3.8) is 0 Å². The maximum absolute atomic E-state index is 13.9. The Labute approximate surface area is 160 Å². The van der Waals surface area contributed by atoms with E-state index in [1.54, 1.807) is 0 Å². The molecule has 0 heterocycles. The number of carbonyl (C=O) groups excluding carboxylic acids is 2. The molecule has 8 nitrogen and oxygen atoms in total. The highest BCUT2D eigenvalue weighted by Gasteiger charge is 2.21. The Morgan fingerprint density at radius 2 is 1.68 bits per heavy atom. The summed E-state index contributed by atoms with van der Waals surface area (Å²) in [4.78, 5) is 23.5. The van der Waals surface area contributed by atoms with Crippen LogP contribution in [0.5, 0.6) is 5.75 Å². The molecular formula is C17H17F2N3O5S. The second kappa shape index (κ2) is 8.76. The molecule has 0 bridgehead atoms. The Bertz CT molecular complexity index is 979. The molecule has 0 radical (unpaired) electrons. The topological polar surface area (TPSA) is 105 Å². The number of carbonyl (C=O) groups is 2. The summed E-state index contributed by atoms with van der Waals surface area (Å²) in [7, 11) is -1.29. The van der Waals surface area contributed by atoms with Crippen LogP contribution in [0.1, 0.15) is 10.4 Å². The molecule has 150 valence electrons. The molecule has 2 N–H and O–H groups in total. The van der Waals surface area contributed by atoms with Crippen LogP contribution in [-0.2, 0) is 14.8 Å². The van der Waals surface area contributed by atoms with E-state index in [0.29, 0.717) is 0 Å². The maximum Gasteiger partial charge on any atom is 0.276 e. The van der Waals surface area contributed by atoms with Crippen molar-refractivity contribution in [3.05, 3.63) is 59.7 Å². The van der Waals surface area contributed by atoms with Gasteiger partial charge in [0, 0.05) is 14.1 Å². The van der Waals surface area contributed by atoms with Gasteiger partial charge in [-0.2, -0.15) is 0 Å². The van der Waals surface area contributed by atoms with Gasteiger partial charge in [-0.1, -0.05) is 0 Å². The van der Waals surface area contributed by atoms with Gasteiger partial charge in [-0.25, -0.2) is 21.5 Å². The fourth-order valence-electron chi connectivity index (χ4n) is 1.96. The number of rotatable bonds is 6. The highest BCUT2D eigenvalue weighted by atomic mass is 32.2. The lowest BCUT2D eigenvalue weighted by Crippen LogP contribution is -2.44. The Balaban J connectivity index is 1.98. The van der Waals surface area contributed by atoms with E-state index in [-0.39, 0.29) is 10.6 Å². The zero-order valence-corrected chi connectivity index (χ0v) is 15.7. The summed E-state index contributed by atoms with van der Waals surface area (Å²) in [5.74, 6) is -3.02. The summed E-state index contributed by atoms with van der Waals surface area (Å²) >= 11 is 0. The van der Waals surface area contributed by atoms with Gasteiger partial charge in [-0.15, -0.1) is 0 Å². The van der Waals surface area contributed by atoms with Crippen molar-refractivity contribution in [1.82, 2.24) is 15.2 Å². The summed E-state index contributed by atoms with van der Waals surface area (Å²) in [5, 5.41) is 0. The smallest absolute Gasteiger partial charge is 0.276 e. The molecule has 0 aromatic heterocycles. The Hall–Kier alpha value is -3.05. The van der Waals surface area contributed by atoms with Crippen LogP contribution < -0.4 is 15.6 Å². The molecule has 0 fully saturated rings. The molecule has 0 unspecified atom stereocenters. The van der Waals surface area contributed by atoms with Gasteiger partial charge in [0.1, 0.15) is 17.4 Å². The molecule has 0 aliphatic heterocycles. The molecule has 2 aromatic carbocycles. The van der Waals surface area contributed by atoms with Gasteiger partial charge < -0.3 is 4.74 Å². The Morgan fingerprint density at radius 3 is 2.29 bits per heavy atom. The lowest BCUT2D eigenvalue weighted by molar-refractivity contribution is -0.123. The quantitative estimate of drug-likeness (QED) is 0.689. The summed E-state index contributed by atoms with van der Waals surface area (Å²) in [5.41, 5.74) is 3.41. The summed E-state index contributed by atoms with van der Waals surface area (Å²) in [6.45, 7) is -0.497. The molecule has 0 atom stereocenters. The SMILES string of the molecule is CN(C)S(=O)(=O)c1ccc(F)c(C(=O)NNC(=O)COc2ccc(F)cc2)c1. The minimum atomic E-state index is -3.87. The zero-order chi connectivity index (χ0) is 20.9. The Morgan fingerprint density at radius 1 is 1.04 bits per heavy atom. The van der Waals surface area contributed by atoms with Crippen LogP contribution in [0.15, 0.2) is 47.4 Å². The van der Waals surface area contributed by atoms with Gasteiger partial charge in [0.25, 0.3) is 11.8 Å². The molecule has 0 saturated heterocycles. The first-order valence-electron chi connectivity index (χ1n) is 7.81. The second-order valence-corrected chi connectivity index (χ2v) is 7.83. The number of ether oxygens (including phenoxy) is 1. The number of sulfonamides is 1. The minimum absolute atomic E-state index is 0.232. The molecule has 0 aliphatic rings. The van der Waals surface area contributed by atoms with Gasteiger partial charge in [-0.05, 0) is 42.5 Å². The largest absolute Gasteiger partial charge is 0.484 e. The van der Waals surface area contributed by atoms with Gasteiger partial charge in [-0.3, -0.25) is 20.4 Å². The third-order valence-electron chi connectivity index (χ3n) is 3.46. The van der Waals surface area contributed by atoms with Crippen molar-refractivity contribution in [2.75, 3.05) is 20.7 Å². The van der Waals surface area contributed by atoms with Crippen LogP contribution in [0, 0.1) is 11.6 Å². The molecule has 0 saturated carbocycles.